The van der Waals surface area contributed by atoms with Crippen LogP contribution in [-0.4, -0.2) is 26.3 Å². The zero-order valence-electron chi connectivity index (χ0n) is 11.7. The molecule has 0 bridgehead atoms. The summed E-state index contributed by atoms with van der Waals surface area (Å²) in [6.45, 7) is 4.44. The van der Waals surface area contributed by atoms with Crippen LogP contribution in [0.4, 0.5) is 14.7 Å². The van der Waals surface area contributed by atoms with Crippen molar-refractivity contribution < 1.29 is 8.78 Å². The van der Waals surface area contributed by atoms with E-state index in [1.807, 2.05) is 13.8 Å². The van der Waals surface area contributed by atoms with Crippen molar-refractivity contribution in [2.24, 2.45) is 7.05 Å². The highest BCUT2D eigenvalue weighted by atomic mass is 19.3. The van der Waals surface area contributed by atoms with Gasteiger partial charge in [0.1, 0.15) is 5.69 Å². The second-order valence-electron chi connectivity index (χ2n) is 4.53. The molecule has 0 radical (unpaired) electrons. The average Bonchev–Trinajstić information content (AvgIpc) is 2.75. The van der Waals surface area contributed by atoms with E-state index in [0.29, 0.717) is 12.2 Å². The Balaban J connectivity index is 2.46. The summed E-state index contributed by atoms with van der Waals surface area (Å²) in [6, 6.07) is 1.31. The number of rotatable bonds is 5. The molecule has 0 aliphatic rings. The van der Waals surface area contributed by atoms with Crippen molar-refractivity contribution in [1.29, 1.82) is 0 Å². The van der Waals surface area contributed by atoms with Gasteiger partial charge in [0.2, 0.25) is 5.95 Å². The molecule has 2 heterocycles. The third-order valence-electron chi connectivity index (χ3n) is 2.79. The highest BCUT2D eigenvalue weighted by molar-refractivity contribution is 5.62. The molecule has 0 amide bonds. The van der Waals surface area contributed by atoms with Crippen molar-refractivity contribution in [1.82, 2.24) is 19.7 Å². The average molecular weight is 281 g/mol. The Labute approximate surface area is 116 Å². The lowest BCUT2D eigenvalue weighted by Gasteiger charge is -2.08. The lowest BCUT2D eigenvalue weighted by atomic mass is 10.1. The number of alkyl halides is 2. The van der Waals surface area contributed by atoms with Crippen molar-refractivity contribution in [3.05, 3.63) is 23.7 Å². The molecular formula is C13H17F2N5. The van der Waals surface area contributed by atoms with Crippen LogP contribution in [0.15, 0.2) is 12.3 Å². The van der Waals surface area contributed by atoms with Gasteiger partial charge in [-0.2, -0.15) is 5.10 Å². The maximum atomic E-state index is 12.9. The maximum Gasteiger partial charge on any atom is 0.280 e. The molecule has 0 spiro atoms. The van der Waals surface area contributed by atoms with E-state index in [2.05, 4.69) is 20.4 Å². The molecule has 7 heteroatoms. The minimum atomic E-state index is -2.63. The van der Waals surface area contributed by atoms with Gasteiger partial charge in [-0.05, 0) is 19.4 Å². The van der Waals surface area contributed by atoms with Crippen LogP contribution in [0.5, 0.6) is 0 Å². The first-order chi connectivity index (χ1) is 9.51. The van der Waals surface area contributed by atoms with Crippen LogP contribution in [0.1, 0.15) is 31.2 Å². The van der Waals surface area contributed by atoms with Gasteiger partial charge in [-0.3, -0.25) is 4.68 Å². The van der Waals surface area contributed by atoms with Crippen molar-refractivity contribution in [3.8, 4) is 11.3 Å². The summed E-state index contributed by atoms with van der Waals surface area (Å²) in [6.07, 6.45) is -0.00376. The van der Waals surface area contributed by atoms with E-state index >= 15 is 0 Å². The summed E-state index contributed by atoms with van der Waals surface area (Å²) in [4.78, 5) is 8.12. The van der Waals surface area contributed by atoms with Crippen LogP contribution in [0.2, 0.25) is 0 Å². The van der Waals surface area contributed by atoms with Crippen molar-refractivity contribution in [2.45, 2.75) is 26.7 Å². The molecule has 2 aromatic rings. The predicted octanol–water partition coefficient (Wildman–Crippen LogP) is 2.95. The number of hydrogen-bond donors (Lipinski definition) is 1. The SMILES string of the molecule is CCCNc1nc(-c2cn(C)nc2C)cc(C(F)F)n1. The number of anilines is 1. The first kappa shape index (κ1) is 14.4. The molecule has 108 valence electrons. The van der Waals surface area contributed by atoms with E-state index in [-0.39, 0.29) is 11.6 Å². The van der Waals surface area contributed by atoms with E-state index in [1.54, 1.807) is 17.9 Å². The zero-order chi connectivity index (χ0) is 14.7. The second kappa shape index (κ2) is 5.94. The first-order valence-corrected chi connectivity index (χ1v) is 6.43. The van der Waals surface area contributed by atoms with E-state index in [4.69, 9.17) is 0 Å². The topological polar surface area (TPSA) is 55.6 Å². The van der Waals surface area contributed by atoms with Crippen LogP contribution in [-0.2, 0) is 7.05 Å². The number of hydrogen-bond acceptors (Lipinski definition) is 4. The quantitative estimate of drug-likeness (QED) is 0.915. The molecule has 5 nitrogen and oxygen atoms in total. The van der Waals surface area contributed by atoms with E-state index in [0.717, 1.165) is 17.7 Å². The smallest absolute Gasteiger partial charge is 0.280 e. The highest BCUT2D eigenvalue weighted by Gasteiger charge is 2.16. The normalized spacial score (nSPS) is 11.1. The van der Waals surface area contributed by atoms with Gasteiger partial charge in [-0.25, -0.2) is 18.7 Å². The first-order valence-electron chi connectivity index (χ1n) is 6.43. The number of aromatic nitrogens is 4. The summed E-state index contributed by atoms with van der Waals surface area (Å²) in [5, 5.41) is 7.15. The second-order valence-corrected chi connectivity index (χ2v) is 4.53. The van der Waals surface area contributed by atoms with Crippen molar-refractivity contribution in [3.63, 3.8) is 0 Å². The van der Waals surface area contributed by atoms with Gasteiger partial charge < -0.3 is 5.32 Å². The monoisotopic (exact) mass is 281 g/mol. The fourth-order valence-corrected chi connectivity index (χ4v) is 1.88. The Morgan fingerprint density at radius 3 is 2.65 bits per heavy atom. The molecule has 0 unspecified atom stereocenters. The van der Waals surface area contributed by atoms with Crippen molar-refractivity contribution >= 4 is 5.95 Å². The number of nitrogens with one attached hydrogen (secondary N) is 1. The maximum absolute atomic E-state index is 12.9. The molecule has 0 fully saturated rings. The zero-order valence-corrected chi connectivity index (χ0v) is 11.7. The Morgan fingerprint density at radius 2 is 2.10 bits per heavy atom. The third-order valence-corrected chi connectivity index (χ3v) is 2.79. The molecule has 0 saturated heterocycles. The fourth-order valence-electron chi connectivity index (χ4n) is 1.88. The van der Waals surface area contributed by atoms with E-state index in [1.165, 1.54) is 6.07 Å². The van der Waals surface area contributed by atoms with Crippen LogP contribution in [0, 0.1) is 6.92 Å². The third kappa shape index (κ3) is 3.09. The summed E-state index contributed by atoms with van der Waals surface area (Å²) < 4.78 is 27.5. The molecule has 0 aromatic carbocycles. The number of nitrogens with zero attached hydrogens (tertiary/aromatic N) is 4. The minimum absolute atomic E-state index is 0.225. The summed E-state index contributed by atoms with van der Waals surface area (Å²) in [5.41, 5.74) is 1.65. The minimum Gasteiger partial charge on any atom is -0.354 e. The molecule has 0 saturated carbocycles. The van der Waals surface area contributed by atoms with Gasteiger partial charge in [-0.1, -0.05) is 6.92 Å². The fraction of sp³-hybridized carbons (Fsp3) is 0.462. The van der Waals surface area contributed by atoms with E-state index < -0.39 is 6.43 Å². The van der Waals surface area contributed by atoms with Gasteiger partial charge in [0.25, 0.3) is 6.43 Å². The summed E-state index contributed by atoms with van der Waals surface area (Å²) >= 11 is 0. The van der Waals surface area contributed by atoms with Crippen LogP contribution >= 0.6 is 0 Å². The van der Waals surface area contributed by atoms with Crippen LogP contribution < -0.4 is 5.32 Å². The predicted molar refractivity (Wildman–Crippen MR) is 72.7 cm³/mol. The van der Waals surface area contributed by atoms with Crippen LogP contribution in [0.25, 0.3) is 11.3 Å². The largest absolute Gasteiger partial charge is 0.354 e. The standard InChI is InChI=1S/C13H17F2N5/c1-4-5-16-13-17-10(6-11(18-13)12(14)15)9-7-20(3)19-8(9)2/h6-7,12H,4-5H2,1-3H3,(H,16,17,18). The molecule has 0 atom stereocenters. The molecule has 0 aliphatic carbocycles. The summed E-state index contributed by atoms with van der Waals surface area (Å²) in [7, 11) is 1.78. The summed E-state index contributed by atoms with van der Waals surface area (Å²) in [5.74, 6) is 0.225. The van der Waals surface area contributed by atoms with Crippen molar-refractivity contribution in [2.75, 3.05) is 11.9 Å². The van der Waals surface area contributed by atoms with E-state index in [9.17, 15) is 8.78 Å². The Hall–Kier alpha value is -2.05. The molecule has 2 aromatic heterocycles. The number of halogens is 2. The number of aryl methyl sites for hydroxylation is 2. The Morgan fingerprint density at radius 1 is 1.35 bits per heavy atom. The highest BCUT2D eigenvalue weighted by Crippen LogP contribution is 2.26. The Kier molecular flexibility index (Phi) is 4.26. The molecular weight excluding hydrogens is 264 g/mol. The molecule has 1 N–H and O–H groups in total. The lowest BCUT2D eigenvalue weighted by Crippen LogP contribution is -2.07. The Bertz CT molecular complexity index is 594. The molecule has 2 rings (SSSR count). The van der Waals surface area contributed by atoms with Gasteiger partial charge in [0.15, 0.2) is 0 Å². The van der Waals surface area contributed by atoms with Gasteiger partial charge in [-0.15, -0.1) is 0 Å². The van der Waals surface area contributed by atoms with Crippen LogP contribution in [0.3, 0.4) is 0 Å². The van der Waals surface area contributed by atoms with Gasteiger partial charge in [0.05, 0.1) is 11.4 Å². The van der Waals surface area contributed by atoms with Gasteiger partial charge in [0, 0.05) is 25.4 Å². The molecule has 0 aliphatic heterocycles. The van der Waals surface area contributed by atoms with Gasteiger partial charge >= 0.3 is 0 Å². The molecule has 20 heavy (non-hydrogen) atoms. The lowest BCUT2D eigenvalue weighted by molar-refractivity contribution is 0.146.